The molecule has 0 aromatic heterocycles. The normalized spacial score (nSPS) is 14.7. The molecule has 29 heavy (non-hydrogen) atoms. The maximum atomic E-state index is 13.1. The van der Waals surface area contributed by atoms with E-state index in [0.29, 0.717) is 13.1 Å². The Morgan fingerprint density at radius 3 is 2.07 bits per heavy atom. The van der Waals surface area contributed by atoms with Crippen LogP contribution in [-0.2, 0) is 9.59 Å². The first kappa shape index (κ1) is 20.9. The fourth-order valence-electron chi connectivity index (χ4n) is 3.82. The van der Waals surface area contributed by atoms with Crippen LogP contribution in [0.5, 0.6) is 0 Å². The smallest absolute Gasteiger partial charge is 0.239 e. The van der Waals surface area contributed by atoms with E-state index in [0.717, 1.165) is 29.9 Å². The van der Waals surface area contributed by atoms with Gasteiger partial charge in [-0.2, -0.15) is 0 Å². The Morgan fingerprint density at radius 2 is 1.48 bits per heavy atom. The van der Waals surface area contributed by atoms with Gasteiger partial charge in [0.05, 0.1) is 0 Å². The van der Waals surface area contributed by atoms with E-state index in [-0.39, 0.29) is 11.8 Å². The molecule has 0 unspecified atom stereocenters. The zero-order chi connectivity index (χ0) is 21.2. The summed E-state index contributed by atoms with van der Waals surface area (Å²) in [5, 5.41) is 2.93. The molecule has 0 bridgehead atoms. The molecule has 2 amide bonds. The van der Waals surface area contributed by atoms with E-state index in [1.165, 1.54) is 11.3 Å². The van der Waals surface area contributed by atoms with Crippen molar-refractivity contribution in [2.75, 3.05) is 36.4 Å². The number of rotatable bonds is 4. The van der Waals surface area contributed by atoms with Crippen LogP contribution in [0.3, 0.4) is 0 Å². The van der Waals surface area contributed by atoms with Crippen molar-refractivity contribution in [2.45, 2.75) is 34.6 Å². The second-order valence-electron chi connectivity index (χ2n) is 8.57. The fourth-order valence-corrected chi connectivity index (χ4v) is 3.82. The van der Waals surface area contributed by atoms with Crippen LogP contribution in [0, 0.1) is 26.2 Å². The number of hydrogen-bond acceptors (Lipinski definition) is 3. The lowest BCUT2D eigenvalue weighted by molar-refractivity contribution is -0.146. The van der Waals surface area contributed by atoms with Gasteiger partial charge in [-0.25, -0.2) is 0 Å². The van der Waals surface area contributed by atoms with E-state index in [2.05, 4.69) is 47.5 Å². The van der Waals surface area contributed by atoms with Gasteiger partial charge in [-0.3, -0.25) is 9.59 Å². The summed E-state index contributed by atoms with van der Waals surface area (Å²) in [4.78, 5) is 30.1. The minimum Gasteiger partial charge on any atom is -0.368 e. The second-order valence-corrected chi connectivity index (χ2v) is 8.57. The van der Waals surface area contributed by atoms with Gasteiger partial charge in [-0.15, -0.1) is 0 Å². The van der Waals surface area contributed by atoms with Gasteiger partial charge in [0.1, 0.15) is 5.41 Å². The van der Waals surface area contributed by atoms with Gasteiger partial charge >= 0.3 is 0 Å². The molecule has 0 saturated carbocycles. The van der Waals surface area contributed by atoms with E-state index >= 15 is 0 Å². The molecule has 5 nitrogen and oxygen atoms in total. The third-order valence-electron chi connectivity index (χ3n) is 5.52. The summed E-state index contributed by atoms with van der Waals surface area (Å²) < 4.78 is 0. The number of anilines is 2. The number of carbonyl (C=O) groups is 2. The summed E-state index contributed by atoms with van der Waals surface area (Å²) in [6, 6.07) is 14.3. The lowest BCUT2D eigenvalue weighted by atomic mass is 9.89. The van der Waals surface area contributed by atoms with Crippen LogP contribution >= 0.6 is 0 Å². The van der Waals surface area contributed by atoms with Crippen LogP contribution in [0.25, 0.3) is 0 Å². The van der Waals surface area contributed by atoms with Crippen molar-refractivity contribution in [1.29, 1.82) is 0 Å². The molecule has 2 aromatic carbocycles. The number of nitrogens with one attached hydrogen (secondary N) is 1. The van der Waals surface area contributed by atoms with E-state index in [9.17, 15) is 9.59 Å². The number of nitrogens with zero attached hydrogens (tertiary/aromatic N) is 2. The van der Waals surface area contributed by atoms with Gasteiger partial charge in [0.2, 0.25) is 11.8 Å². The molecular weight excluding hydrogens is 362 g/mol. The number of carbonyl (C=O) groups excluding carboxylic acids is 2. The first-order chi connectivity index (χ1) is 13.7. The standard InChI is InChI=1S/C24H31N3O2/c1-17-7-6-8-21(16-17)26-9-11-27(12-10-26)23(29)24(4,5)22(28)25-20-14-18(2)13-19(3)15-20/h6-8,13-16H,9-12H2,1-5H3,(H,25,28). The SMILES string of the molecule is Cc1cc(C)cc(NC(=O)C(C)(C)C(=O)N2CCN(c3cccc(C)c3)CC2)c1. The van der Waals surface area contributed by atoms with Gasteiger partial charge in [-0.05, 0) is 75.6 Å². The Balaban J connectivity index is 1.63. The van der Waals surface area contributed by atoms with Crippen LogP contribution in [0.2, 0.25) is 0 Å². The zero-order valence-electron chi connectivity index (χ0n) is 18.1. The Labute approximate surface area is 173 Å². The molecule has 1 aliphatic heterocycles. The summed E-state index contributed by atoms with van der Waals surface area (Å²) in [6.07, 6.45) is 0. The summed E-state index contributed by atoms with van der Waals surface area (Å²) in [5.41, 5.74) is 4.18. The predicted molar refractivity (Wildman–Crippen MR) is 118 cm³/mol. The average Bonchev–Trinajstić information content (AvgIpc) is 2.66. The van der Waals surface area contributed by atoms with E-state index in [1.807, 2.05) is 30.9 Å². The molecule has 0 atom stereocenters. The Hall–Kier alpha value is -2.82. The number of aryl methyl sites for hydroxylation is 3. The van der Waals surface area contributed by atoms with Crippen LogP contribution in [0.15, 0.2) is 42.5 Å². The molecule has 0 spiro atoms. The van der Waals surface area contributed by atoms with Crippen molar-refractivity contribution < 1.29 is 9.59 Å². The largest absolute Gasteiger partial charge is 0.368 e. The lowest BCUT2D eigenvalue weighted by Gasteiger charge is -2.39. The molecule has 0 radical (unpaired) electrons. The second kappa shape index (κ2) is 8.27. The van der Waals surface area contributed by atoms with Gasteiger partial charge in [0.25, 0.3) is 0 Å². The van der Waals surface area contributed by atoms with Gasteiger partial charge in [0, 0.05) is 37.6 Å². The van der Waals surface area contributed by atoms with E-state index in [1.54, 1.807) is 13.8 Å². The number of amides is 2. The minimum absolute atomic E-state index is 0.122. The van der Waals surface area contributed by atoms with Crippen molar-refractivity contribution in [3.63, 3.8) is 0 Å². The maximum absolute atomic E-state index is 13.1. The molecule has 154 valence electrons. The molecule has 5 heteroatoms. The summed E-state index contributed by atoms with van der Waals surface area (Å²) in [6.45, 7) is 12.3. The number of hydrogen-bond donors (Lipinski definition) is 1. The maximum Gasteiger partial charge on any atom is 0.239 e. The van der Waals surface area contributed by atoms with Crippen LogP contribution in [-0.4, -0.2) is 42.9 Å². The quantitative estimate of drug-likeness (QED) is 0.801. The highest BCUT2D eigenvalue weighted by molar-refractivity contribution is 6.10. The first-order valence-electron chi connectivity index (χ1n) is 10.2. The topological polar surface area (TPSA) is 52.7 Å². The van der Waals surface area contributed by atoms with E-state index in [4.69, 9.17) is 0 Å². The Kier molecular flexibility index (Phi) is 5.96. The molecular formula is C24H31N3O2. The van der Waals surface area contributed by atoms with Crippen LogP contribution < -0.4 is 10.2 Å². The zero-order valence-corrected chi connectivity index (χ0v) is 18.1. The van der Waals surface area contributed by atoms with Crippen molar-refractivity contribution in [3.8, 4) is 0 Å². The summed E-state index contributed by atoms with van der Waals surface area (Å²) in [5.74, 6) is -0.392. The van der Waals surface area contributed by atoms with Crippen molar-refractivity contribution in [2.24, 2.45) is 5.41 Å². The van der Waals surface area contributed by atoms with Crippen molar-refractivity contribution in [3.05, 3.63) is 59.2 Å². The molecule has 1 heterocycles. The molecule has 1 aliphatic rings. The Morgan fingerprint density at radius 1 is 0.862 bits per heavy atom. The summed E-state index contributed by atoms with van der Waals surface area (Å²) >= 11 is 0. The van der Waals surface area contributed by atoms with Crippen molar-refractivity contribution >= 4 is 23.2 Å². The monoisotopic (exact) mass is 393 g/mol. The number of benzene rings is 2. The molecule has 0 aliphatic carbocycles. The minimum atomic E-state index is -1.12. The highest BCUT2D eigenvalue weighted by Crippen LogP contribution is 2.25. The molecule has 1 N–H and O–H groups in total. The molecule has 1 fully saturated rings. The Bertz CT molecular complexity index is 892. The summed E-state index contributed by atoms with van der Waals surface area (Å²) in [7, 11) is 0. The van der Waals surface area contributed by atoms with E-state index < -0.39 is 5.41 Å². The van der Waals surface area contributed by atoms with Gasteiger partial charge in [0.15, 0.2) is 0 Å². The molecule has 2 aromatic rings. The van der Waals surface area contributed by atoms with Gasteiger partial charge < -0.3 is 15.1 Å². The third kappa shape index (κ3) is 4.78. The molecule has 1 saturated heterocycles. The fraction of sp³-hybridized carbons (Fsp3) is 0.417. The van der Waals surface area contributed by atoms with Crippen LogP contribution in [0.1, 0.15) is 30.5 Å². The highest BCUT2D eigenvalue weighted by atomic mass is 16.2. The average molecular weight is 394 g/mol. The van der Waals surface area contributed by atoms with Crippen LogP contribution in [0.4, 0.5) is 11.4 Å². The predicted octanol–water partition coefficient (Wildman–Crippen LogP) is 3.93. The number of piperazine rings is 1. The molecule has 3 rings (SSSR count). The third-order valence-corrected chi connectivity index (χ3v) is 5.52. The van der Waals surface area contributed by atoms with Crippen molar-refractivity contribution in [1.82, 2.24) is 4.90 Å². The van der Waals surface area contributed by atoms with Gasteiger partial charge in [-0.1, -0.05) is 18.2 Å². The first-order valence-corrected chi connectivity index (χ1v) is 10.2. The highest BCUT2D eigenvalue weighted by Gasteiger charge is 2.40. The lowest BCUT2D eigenvalue weighted by Crippen LogP contribution is -2.54.